The number of hydrogen-bond donors (Lipinski definition) is 2. The van der Waals surface area contributed by atoms with Gasteiger partial charge in [0.25, 0.3) is 15.9 Å². The average molecular weight is 495 g/mol. The quantitative estimate of drug-likeness (QED) is 0.454. The third-order valence-corrected chi connectivity index (χ3v) is 7.39. The highest BCUT2D eigenvalue weighted by Crippen LogP contribution is 2.21. The van der Waals surface area contributed by atoms with Crippen molar-refractivity contribution < 1.29 is 22.7 Å². The molecule has 0 aliphatic carbocycles. The van der Waals surface area contributed by atoms with Crippen LogP contribution in [0.2, 0.25) is 0 Å². The van der Waals surface area contributed by atoms with Gasteiger partial charge in [0, 0.05) is 24.4 Å². The van der Waals surface area contributed by atoms with E-state index in [9.17, 15) is 13.2 Å². The number of nitrogens with one attached hydrogen (secondary N) is 2. The summed E-state index contributed by atoms with van der Waals surface area (Å²) in [4.78, 5) is 12.8. The van der Waals surface area contributed by atoms with E-state index in [1.54, 1.807) is 43.3 Å². The highest BCUT2D eigenvalue weighted by atomic mass is 32.2. The molecule has 4 rings (SSSR count). The van der Waals surface area contributed by atoms with Gasteiger partial charge >= 0.3 is 0 Å². The highest BCUT2D eigenvalue weighted by molar-refractivity contribution is 7.92. The van der Waals surface area contributed by atoms with Crippen molar-refractivity contribution in [2.75, 3.05) is 17.9 Å². The first-order valence-corrected chi connectivity index (χ1v) is 13.1. The molecule has 0 saturated carbocycles. The molecule has 0 aromatic heterocycles. The van der Waals surface area contributed by atoms with Gasteiger partial charge in [-0.2, -0.15) is 0 Å². The van der Waals surface area contributed by atoms with Crippen molar-refractivity contribution in [3.8, 4) is 5.75 Å². The number of aryl methyl sites for hydroxylation is 2. The lowest BCUT2D eigenvalue weighted by Gasteiger charge is -2.12. The van der Waals surface area contributed by atoms with Crippen molar-refractivity contribution in [2.24, 2.45) is 0 Å². The molecule has 1 aliphatic rings. The predicted molar refractivity (Wildman–Crippen MR) is 135 cm³/mol. The largest absolute Gasteiger partial charge is 0.491 e. The number of sulfonamides is 1. The molecule has 1 fully saturated rings. The number of ether oxygens (including phenoxy) is 2. The molecule has 3 aromatic carbocycles. The number of carbonyl (C=O) groups excluding carboxylic acids is 1. The number of amides is 1. The Balaban J connectivity index is 1.29. The van der Waals surface area contributed by atoms with Gasteiger partial charge in [0.15, 0.2) is 0 Å². The number of benzene rings is 3. The summed E-state index contributed by atoms with van der Waals surface area (Å²) < 4.78 is 39.5. The van der Waals surface area contributed by atoms with Crippen LogP contribution in [0.15, 0.2) is 71.6 Å². The fraction of sp³-hybridized carbons (Fsp3) is 0.296. The maximum absolute atomic E-state index is 12.8. The normalized spacial score (nSPS) is 15.5. The van der Waals surface area contributed by atoms with Gasteiger partial charge in [-0.15, -0.1) is 0 Å². The molecule has 3 aromatic rings. The molecule has 8 heteroatoms. The predicted octanol–water partition coefficient (Wildman–Crippen LogP) is 4.59. The zero-order valence-corrected chi connectivity index (χ0v) is 20.7. The zero-order valence-electron chi connectivity index (χ0n) is 19.9. The van der Waals surface area contributed by atoms with Crippen LogP contribution in [0.25, 0.3) is 0 Å². The second-order valence-corrected chi connectivity index (χ2v) is 10.4. The summed E-state index contributed by atoms with van der Waals surface area (Å²) in [6.07, 6.45) is 2.28. The number of hydrogen-bond acceptors (Lipinski definition) is 5. The molecule has 184 valence electrons. The van der Waals surface area contributed by atoms with E-state index < -0.39 is 10.0 Å². The molecule has 7 nitrogen and oxygen atoms in total. The molecule has 35 heavy (non-hydrogen) atoms. The average Bonchev–Trinajstić information content (AvgIpc) is 3.37. The van der Waals surface area contributed by atoms with Gasteiger partial charge in [-0.1, -0.05) is 24.3 Å². The van der Waals surface area contributed by atoms with Crippen LogP contribution < -0.4 is 14.8 Å². The fourth-order valence-corrected chi connectivity index (χ4v) is 5.24. The topological polar surface area (TPSA) is 93.7 Å². The van der Waals surface area contributed by atoms with Crippen molar-refractivity contribution in [2.45, 2.75) is 44.2 Å². The van der Waals surface area contributed by atoms with Crippen LogP contribution in [-0.2, 0) is 21.3 Å². The first-order chi connectivity index (χ1) is 16.8. The standard InChI is InChI=1S/C27H30N2O5S/c1-19-5-6-20(2)26(16-19)35(31,32)29-23-11-9-22(10-12-23)27(30)28-17-21-7-13-24(14-8-21)34-18-25-4-3-15-33-25/h5-14,16,25,29H,3-4,15,17-18H2,1-2H3,(H,28,30). The smallest absolute Gasteiger partial charge is 0.262 e. The summed E-state index contributed by atoms with van der Waals surface area (Å²) in [7, 11) is -3.73. The summed E-state index contributed by atoms with van der Waals surface area (Å²) in [6, 6.07) is 19.2. The maximum atomic E-state index is 12.8. The highest BCUT2D eigenvalue weighted by Gasteiger charge is 2.18. The maximum Gasteiger partial charge on any atom is 0.262 e. The first-order valence-electron chi connectivity index (χ1n) is 11.6. The van der Waals surface area contributed by atoms with Crippen LogP contribution >= 0.6 is 0 Å². The summed E-state index contributed by atoms with van der Waals surface area (Å²) in [6.45, 7) is 5.32. The minimum atomic E-state index is -3.73. The first kappa shape index (κ1) is 24.8. The van der Waals surface area contributed by atoms with E-state index in [2.05, 4.69) is 10.0 Å². The lowest BCUT2D eigenvalue weighted by molar-refractivity contribution is 0.0679. The van der Waals surface area contributed by atoms with E-state index in [1.165, 1.54) is 0 Å². The molecule has 2 N–H and O–H groups in total. The zero-order chi connectivity index (χ0) is 24.8. The summed E-state index contributed by atoms with van der Waals surface area (Å²) in [5.41, 5.74) is 3.31. The Morgan fingerprint density at radius 2 is 1.77 bits per heavy atom. The fourth-order valence-electron chi connectivity index (χ4n) is 3.85. The van der Waals surface area contributed by atoms with Crippen LogP contribution in [0.3, 0.4) is 0 Å². The van der Waals surface area contributed by atoms with Gasteiger partial charge in [0.05, 0.1) is 11.0 Å². The summed E-state index contributed by atoms with van der Waals surface area (Å²) >= 11 is 0. The Hall–Kier alpha value is -3.36. The molecule has 0 bridgehead atoms. The Morgan fingerprint density at radius 1 is 1.03 bits per heavy atom. The Labute approximate surface area is 206 Å². The van der Waals surface area contributed by atoms with E-state index in [0.717, 1.165) is 36.3 Å². The molecule has 0 spiro atoms. The van der Waals surface area contributed by atoms with Gasteiger partial charge in [0.2, 0.25) is 0 Å². The molecule has 0 radical (unpaired) electrons. The van der Waals surface area contributed by atoms with Gasteiger partial charge in [-0.3, -0.25) is 9.52 Å². The van der Waals surface area contributed by atoms with Crippen LogP contribution in [0.4, 0.5) is 5.69 Å². The third kappa shape index (κ3) is 6.61. The number of rotatable bonds is 9. The third-order valence-electron chi connectivity index (χ3n) is 5.87. The van der Waals surface area contributed by atoms with Crippen molar-refractivity contribution in [1.82, 2.24) is 5.32 Å². The molecule has 1 heterocycles. The molecular formula is C27H30N2O5S. The van der Waals surface area contributed by atoms with Crippen LogP contribution in [-0.4, -0.2) is 33.6 Å². The van der Waals surface area contributed by atoms with E-state index in [0.29, 0.717) is 30.0 Å². The Morgan fingerprint density at radius 3 is 2.46 bits per heavy atom. The van der Waals surface area contributed by atoms with Crippen molar-refractivity contribution in [1.29, 1.82) is 0 Å². The number of carbonyl (C=O) groups is 1. The van der Waals surface area contributed by atoms with E-state index in [4.69, 9.17) is 9.47 Å². The monoisotopic (exact) mass is 494 g/mol. The Kier molecular flexibility index (Phi) is 7.73. The van der Waals surface area contributed by atoms with Crippen molar-refractivity contribution >= 4 is 21.6 Å². The van der Waals surface area contributed by atoms with E-state index in [1.807, 2.05) is 37.3 Å². The van der Waals surface area contributed by atoms with Gasteiger partial charge in [-0.25, -0.2) is 8.42 Å². The lowest BCUT2D eigenvalue weighted by Crippen LogP contribution is -2.22. The van der Waals surface area contributed by atoms with Gasteiger partial charge < -0.3 is 14.8 Å². The van der Waals surface area contributed by atoms with Gasteiger partial charge in [-0.05, 0) is 85.8 Å². The lowest BCUT2D eigenvalue weighted by atomic mass is 10.1. The SMILES string of the molecule is Cc1ccc(C)c(S(=O)(=O)Nc2ccc(C(=O)NCc3ccc(OCC4CCCO4)cc3)cc2)c1. The van der Waals surface area contributed by atoms with Crippen LogP contribution in [0, 0.1) is 13.8 Å². The minimum absolute atomic E-state index is 0.169. The molecule has 1 amide bonds. The molecule has 1 aliphatic heterocycles. The Bertz CT molecular complexity index is 1270. The minimum Gasteiger partial charge on any atom is -0.491 e. The number of anilines is 1. The second kappa shape index (κ2) is 10.9. The molecule has 1 atom stereocenters. The second-order valence-electron chi connectivity index (χ2n) is 8.72. The van der Waals surface area contributed by atoms with E-state index in [-0.39, 0.29) is 16.9 Å². The van der Waals surface area contributed by atoms with Gasteiger partial charge in [0.1, 0.15) is 12.4 Å². The van der Waals surface area contributed by atoms with E-state index >= 15 is 0 Å². The van der Waals surface area contributed by atoms with Crippen LogP contribution in [0.5, 0.6) is 5.75 Å². The molecular weight excluding hydrogens is 464 g/mol. The van der Waals surface area contributed by atoms with Crippen molar-refractivity contribution in [3.63, 3.8) is 0 Å². The van der Waals surface area contributed by atoms with Crippen LogP contribution in [0.1, 0.15) is 39.9 Å². The summed E-state index contributed by atoms with van der Waals surface area (Å²) in [5, 5.41) is 2.88. The summed E-state index contributed by atoms with van der Waals surface area (Å²) in [5.74, 6) is 0.530. The molecule has 1 saturated heterocycles. The molecule has 1 unspecified atom stereocenters. The van der Waals surface area contributed by atoms with Crippen molar-refractivity contribution in [3.05, 3.63) is 89.0 Å².